The van der Waals surface area contributed by atoms with Gasteiger partial charge in [-0.15, -0.1) is 0 Å². The Balaban J connectivity index is 2.02. The van der Waals surface area contributed by atoms with E-state index in [1.807, 2.05) is 66.7 Å². The lowest BCUT2D eigenvalue weighted by molar-refractivity contribution is 0.628. The monoisotopic (exact) mass is 427 g/mol. The number of hydrogen-bond acceptors (Lipinski definition) is 1. The van der Waals surface area contributed by atoms with Crippen molar-refractivity contribution in [3.63, 3.8) is 0 Å². The van der Waals surface area contributed by atoms with E-state index >= 15 is 0 Å². The van der Waals surface area contributed by atoms with Gasteiger partial charge in [0.25, 0.3) is 0 Å². The van der Waals surface area contributed by atoms with Crippen LogP contribution in [0, 0.1) is 9.39 Å². The fraction of sp³-hybridized carbons (Fsp3) is 0. The van der Waals surface area contributed by atoms with Crippen molar-refractivity contribution in [2.45, 2.75) is 0 Å². The van der Waals surface area contributed by atoms with Crippen molar-refractivity contribution in [1.29, 1.82) is 0 Å². The lowest BCUT2D eigenvalue weighted by Crippen LogP contribution is -1.97. The van der Waals surface area contributed by atoms with Gasteiger partial charge in [0.2, 0.25) is 0 Å². The molecule has 0 radical (unpaired) electrons. The third-order valence-corrected chi connectivity index (χ3v) is 4.38. The molecule has 0 aliphatic carbocycles. The minimum Gasteiger partial charge on any atom is -0.247 e. The topological polar surface area (TPSA) is 12.4 Å². The van der Waals surface area contributed by atoms with Crippen LogP contribution in [0.5, 0.6) is 0 Å². The molecule has 0 fully saturated rings. The minimum absolute atomic E-state index is 0.251. The number of halogens is 2. The predicted octanol–water partition coefficient (Wildman–Crippen LogP) is 6.26. The summed E-state index contributed by atoms with van der Waals surface area (Å²) in [6.07, 6.45) is 3.98. The van der Waals surface area contributed by atoms with E-state index in [1.54, 1.807) is 12.1 Å². The average Bonchev–Trinajstić information content (AvgIpc) is 2.62. The Morgan fingerprint density at radius 3 is 2.21 bits per heavy atom. The Kier molecular flexibility index (Phi) is 5.54. The van der Waals surface area contributed by atoms with Gasteiger partial charge < -0.3 is 0 Å². The molecular formula is C21H15FIN. The van der Waals surface area contributed by atoms with E-state index in [-0.39, 0.29) is 5.82 Å². The van der Waals surface area contributed by atoms with Crippen molar-refractivity contribution >= 4 is 40.1 Å². The second-order valence-corrected chi connectivity index (χ2v) is 6.36. The van der Waals surface area contributed by atoms with Crippen LogP contribution in [0.2, 0.25) is 0 Å². The SMILES string of the molecule is Fc1ccc(C(/C=C/c2ccccc2)=Nc2ccccc2I)cc1. The van der Waals surface area contributed by atoms with Crippen LogP contribution < -0.4 is 0 Å². The van der Waals surface area contributed by atoms with E-state index in [4.69, 9.17) is 4.99 Å². The molecule has 0 saturated carbocycles. The summed E-state index contributed by atoms with van der Waals surface area (Å²) < 4.78 is 14.3. The Morgan fingerprint density at radius 2 is 1.50 bits per heavy atom. The fourth-order valence-corrected chi connectivity index (χ4v) is 2.74. The number of nitrogens with zero attached hydrogens (tertiary/aromatic N) is 1. The summed E-state index contributed by atoms with van der Waals surface area (Å²) in [5.41, 5.74) is 3.66. The molecule has 0 unspecified atom stereocenters. The molecule has 3 rings (SSSR count). The van der Waals surface area contributed by atoms with E-state index in [1.165, 1.54) is 12.1 Å². The molecule has 0 heterocycles. The average molecular weight is 427 g/mol. The van der Waals surface area contributed by atoms with E-state index < -0.39 is 0 Å². The molecule has 0 N–H and O–H groups in total. The van der Waals surface area contributed by atoms with Crippen molar-refractivity contribution in [3.05, 3.63) is 105 Å². The molecule has 0 aromatic heterocycles. The highest BCUT2D eigenvalue weighted by atomic mass is 127. The first-order valence-corrected chi connectivity index (χ1v) is 8.62. The Hall–Kier alpha value is -2.27. The van der Waals surface area contributed by atoms with Gasteiger partial charge in [0.05, 0.1) is 11.4 Å². The number of para-hydroxylation sites is 1. The lowest BCUT2D eigenvalue weighted by atomic mass is 10.1. The van der Waals surface area contributed by atoms with Crippen LogP contribution in [0.25, 0.3) is 6.08 Å². The van der Waals surface area contributed by atoms with Crippen LogP contribution in [0.1, 0.15) is 11.1 Å². The zero-order valence-corrected chi connectivity index (χ0v) is 15.0. The fourth-order valence-electron chi connectivity index (χ4n) is 2.23. The second-order valence-electron chi connectivity index (χ2n) is 5.20. The third-order valence-electron chi connectivity index (χ3n) is 3.47. The number of aliphatic imine (C=N–C) groups is 1. The zero-order chi connectivity index (χ0) is 16.8. The number of allylic oxidation sites excluding steroid dienone is 1. The molecule has 3 heteroatoms. The minimum atomic E-state index is -0.251. The molecule has 0 bridgehead atoms. The Bertz CT molecular complexity index is 868. The summed E-state index contributed by atoms with van der Waals surface area (Å²) in [5, 5.41) is 0. The summed E-state index contributed by atoms with van der Waals surface area (Å²) in [6.45, 7) is 0. The quantitative estimate of drug-likeness (QED) is 0.344. The maximum absolute atomic E-state index is 13.2. The van der Waals surface area contributed by atoms with E-state index in [2.05, 4.69) is 22.6 Å². The number of rotatable bonds is 4. The van der Waals surface area contributed by atoms with Gasteiger partial charge in [0.15, 0.2) is 0 Å². The Labute approximate surface area is 154 Å². The third kappa shape index (κ3) is 4.38. The molecule has 1 nitrogen and oxygen atoms in total. The molecule has 0 aliphatic rings. The van der Waals surface area contributed by atoms with E-state index in [0.29, 0.717) is 0 Å². The molecule has 0 spiro atoms. The van der Waals surface area contributed by atoms with E-state index in [9.17, 15) is 4.39 Å². The smallest absolute Gasteiger partial charge is 0.123 e. The van der Waals surface area contributed by atoms with Crippen LogP contribution >= 0.6 is 22.6 Å². The maximum atomic E-state index is 13.2. The van der Waals surface area contributed by atoms with Gasteiger partial charge in [-0.1, -0.05) is 48.5 Å². The van der Waals surface area contributed by atoms with Crippen molar-refractivity contribution in [2.24, 2.45) is 4.99 Å². The zero-order valence-electron chi connectivity index (χ0n) is 12.9. The van der Waals surface area contributed by atoms with Crippen LogP contribution in [-0.4, -0.2) is 5.71 Å². The Morgan fingerprint density at radius 1 is 0.833 bits per heavy atom. The highest BCUT2D eigenvalue weighted by Crippen LogP contribution is 2.22. The van der Waals surface area contributed by atoms with Gasteiger partial charge in [-0.25, -0.2) is 9.38 Å². The normalized spacial score (nSPS) is 11.8. The molecule has 0 amide bonds. The van der Waals surface area contributed by atoms with Crippen molar-refractivity contribution in [2.75, 3.05) is 0 Å². The highest BCUT2D eigenvalue weighted by molar-refractivity contribution is 14.1. The van der Waals surface area contributed by atoms with Gasteiger partial charge >= 0.3 is 0 Å². The summed E-state index contributed by atoms with van der Waals surface area (Å²) in [6, 6.07) is 24.4. The molecule has 0 saturated heterocycles. The predicted molar refractivity (Wildman–Crippen MR) is 107 cm³/mol. The van der Waals surface area contributed by atoms with E-state index in [0.717, 1.165) is 26.1 Å². The number of hydrogen-bond donors (Lipinski definition) is 0. The van der Waals surface area contributed by atoms with Gasteiger partial charge in [-0.2, -0.15) is 0 Å². The second kappa shape index (κ2) is 8.02. The maximum Gasteiger partial charge on any atom is 0.123 e. The molecular weight excluding hydrogens is 412 g/mol. The summed E-state index contributed by atoms with van der Waals surface area (Å²) >= 11 is 2.27. The first kappa shape index (κ1) is 16.6. The molecule has 0 aliphatic heterocycles. The van der Waals surface area contributed by atoms with Crippen molar-refractivity contribution < 1.29 is 4.39 Å². The first-order chi connectivity index (χ1) is 11.7. The summed E-state index contributed by atoms with van der Waals surface area (Å²) in [7, 11) is 0. The largest absolute Gasteiger partial charge is 0.247 e. The van der Waals surface area contributed by atoms with Gasteiger partial charge in [0.1, 0.15) is 5.82 Å². The molecule has 3 aromatic carbocycles. The van der Waals surface area contributed by atoms with Crippen LogP contribution in [0.4, 0.5) is 10.1 Å². The lowest BCUT2D eigenvalue weighted by Gasteiger charge is -2.04. The number of benzene rings is 3. The first-order valence-electron chi connectivity index (χ1n) is 7.55. The highest BCUT2D eigenvalue weighted by Gasteiger charge is 2.03. The molecule has 3 aromatic rings. The van der Waals surface area contributed by atoms with Crippen molar-refractivity contribution in [3.8, 4) is 0 Å². The molecule has 24 heavy (non-hydrogen) atoms. The van der Waals surface area contributed by atoms with Gasteiger partial charge in [-0.3, -0.25) is 0 Å². The molecule has 118 valence electrons. The molecule has 0 atom stereocenters. The van der Waals surface area contributed by atoms with Gasteiger partial charge in [0, 0.05) is 9.13 Å². The van der Waals surface area contributed by atoms with Crippen LogP contribution in [0.15, 0.2) is 89.9 Å². The van der Waals surface area contributed by atoms with Crippen LogP contribution in [-0.2, 0) is 0 Å². The standard InChI is InChI=1S/C21H15FIN/c22-18-13-11-17(12-14-18)20(15-10-16-6-2-1-3-7-16)24-21-9-5-4-8-19(21)23/h1-15H/b15-10+,24-20?. The van der Waals surface area contributed by atoms with Crippen molar-refractivity contribution in [1.82, 2.24) is 0 Å². The summed E-state index contributed by atoms with van der Waals surface area (Å²) in [5.74, 6) is -0.251. The van der Waals surface area contributed by atoms with Gasteiger partial charge in [-0.05, 0) is 70.6 Å². The summed E-state index contributed by atoms with van der Waals surface area (Å²) in [4.78, 5) is 4.77. The van der Waals surface area contributed by atoms with Crippen LogP contribution in [0.3, 0.4) is 0 Å².